The van der Waals surface area contributed by atoms with Crippen molar-refractivity contribution < 1.29 is 9.15 Å². The highest BCUT2D eigenvalue weighted by Gasteiger charge is 2.33. The van der Waals surface area contributed by atoms with E-state index in [-0.39, 0.29) is 12.0 Å². The van der Waals surface area contributed by atoms with Crippen molar-refractivity contribution in [3.63, 3.8) is 0 Å². The largest absolute Gasteiger partial charge is 0.439 e. The SMILES string of the molecule is CCNC1COCC1c1nc2cc(Cl)cc(Cl)c2o1. The number of nitrogens with one attached hydrogen (secondary N) is 1. The molecule has 2 unspecified atom stereocenters. The second-order valence-corrected chi connectivity index (χ2v) is 5.44. The highest BCUT2D eigenvalue weighted by molar-refractivity contribution is 6.37. The molecule has 1 aliphatic heterocycles. The number of ether oxygens (including phenoxy) is 1. The van der Waals surface area contributed by atoms with Crippen LogP contribution in [0.15, 0.2) is 16.5 Å². The van der Waals surface area contributed by atoms with Crippen molar-refractivity contribution in [2.75, 3.05) is 19.8 Å². The Bertz CT molecular complexity index is 600. The number of halogens is 2. The fourth-order valence-corrected chi connectivity index (χ4v) is 2.92. The quantitative estimate of drug-likeness (QED) is 0.945. The van der Waals surface area contributed by atoms with E-state index < -0.39 is 0 Å². The number of aromatic nitrogens is 1. The second kappa shape index (κ2) is 5.29. The maximum Gasteiger partial charge on any atom is 0.202 e. The fraction of sp³-hybridized carbons (Fsp3) is 0.462. The summed E-state index contributed by atoms with van der Waals surface area (Å²) in [6, 6.07) is 3.65. The van der Waals surface area contributed by atoms with Gasteiger partial charge in [0, 0.05) is 11.1 Å². The fourth-order valence-electron chi connectivity index (χ4n) is 2.40. The molecule has 1 aromatic heterocycles. The maximum absolute atomic E-state index is 6.11. The molecule has 3 rings (SSSR count). The Labute approximate surface area is 121 Å². The van der Waals surface area contributed by atoms with Crippen LogP contribution in [-0.2, 0) is 4.74 Å². The Morgan fingerprint density at radius 3 is 3.00 bits per heavy atom. The first kappa shape index (κ1) is 13.2. The van der Waals surface area contributed by atoms with Crippen LogP contribution in [0.2, 0.25) is 10.0 Å². The molecule has 0 spiro atoms. The lowest BCUT2D eigenvalue weighted by Gasteiger charge is -2.14. The normalized spacial score (nSPS) is 23.3. The van der Waals surface area contributed by atoms with Crippen LogP contribution in [0, 0.1) is 0 Å². The number of rotatable bonds is 3. The molecule has 1 fully saturated rings. The van der Waals surface area contributed by atoms with Gasteiger partial charge in [-0.15, -0.1) is 0 Å². The third-order valence-corrected chi connectivity index (χ3v) is 3.79. The molecular formula is C13H14Cl2N2O2. The van der Waals surface area contributed by atoms with Gasteiger partial charge in [0.05, 0.1) is 24.2 Å². The number of fused-ring (bicyclic) bond motifs is 1. The molecule has 2 atom stereocenters. The van der Waals surface area contributed by atoms with Crippen molar-refractivity contribution in [1.29, 1.82) is 0 Å². The molecule has 1 N–H and O–H groups in total. The van der Waals surface area contributed by atoms with Gasteiger partial charge in [0.1, 0.15) is 5.52 Å². The van der Waals surface area contributed by atoms with Gasteiger partial charge >= 0.3 is 0 Å². The monoisotopic (exact) mass is 300 g/mol. The van der Waals surface area contributed by atoms with Crippen LogP contribution in [0.25, 0.3) is 11.1 Å². The van der Waals surface area contributed by atoms with Crippen molar-refractivity contribution in [1.82, 2.24) is 10.3 Å². The lowest BCUT2D eigenvalue weighted by Crippen LogP contribution is -2.34. The van der Waals surface area contributed by atoms with E-state index in [0.717, 1.165) is 6.54 Å². The second-order valence-electron chi connectivity index (χ2n) is 4.60. The van der Waals surface area contributed by atoms with E-state index in [1.807, 2.05) is 0 Å². The maximum atomic E-state index is 6.11. The first-order chi connectivity index (χ1) is 9.19. The minimum Gasteiger partial charge on any atom is -0.439 e. The van der Waals surface area contributed by atoms with Gasteiger partial charge in [-0.2, -0.15) is 0 Å². The van der Waals surface area contributed by atoms with Crippen molar-refractivity contribution in [2.24, 2.45) is 0 Å². The van der Waals surface area contributed by atoms with E-state index >= 15 is 0 Å². The van der Waals surface area contributed by atoms with E-state index in [0.29, 0.717) is 40.2 Å². The van der Waals surface area contributed by atoms with Gasteiger partial charge in [-0.1, -0.05) is 30.1 Å². The van der Waals surface area contributed by atoms with Crippen molar-refractivity contribution >= 4 is 34.3 Å². The number of benzene rings is 1. The number of hydrogen-bond donors (Lipinski definition) is 1. The summed E-state index contributed by atoms with van der Waals surface area (Å²) in [6.07, 6.45) is 0. The Morgan fingerprint density at radius 2 is 2.21 bits per heavy atom. The minimum absolute atomic E-state index is 0.113. The predicted octanol–water partition coefficient (Wildman–Crippen LogP) is 3.23. The van der Waals surface area contributed by atoms with Gasteiger partial charge in [-0.25, -0.2) is 4.98 Å². The molecule has 4 nitrogen and oxygen atoms in total. The summed E-state index contributed by atoms with van der Waals surface area (Å²) in [5, 5.41) is 4.42. The number of likely N-dealkylation sites (N-methyl/N-ethyl adjacent to an activating group) is 1. The molecule has 1 saturated heterocycles. The van der Waals surface area contributed by atoms with Crippen molar-refractivity contribution in [2.45, 2.75) is 18.9 Å². The minimum atomic E-state index is 0.113. The van der Waals surface area contributed by atoms with Crippen molar-refractivity contribution in [3.8, 4) is 0 Å². The molecule has 0 amide bonds. The summed E-state index contributed by atoms with van der Waals surface area (Å²) < 4.78 is 11.3. The van der Waals surface area contributed by atoms with Crippen LogP contribution in [-0.4, -0.2) is 30.8 Å². The van der Waals surface area contributed by atoms with E-state index in [4.69, 9.17) is 32.4 Å². The molecule has 2 heterocycles. The van der Waals surface area contributed by atoms with Crippen LogP contribution in [0.3, 0.4) is 0 Å². The smallest absolute Gasteiger partial charge is 0.202 e. The Kier molecular flexibility index (Phi) is 3.67. The van der Waals surface area contributed by atoms with Crippen LogP contribution < -0.4 is 5.32 Å². The first-order valence-electron chi connectivity index (χ1n) is 6.25. The average Bonchev–Trinajstić information content (AvgIpc) is 2.95. The van der Waals surface area contributed by atoms with Gasteiger partial charge in [0.25, 0.3) is 0 Å². The summed E-state index contributed by atoms with van der Waals surface area (Å²) in [5.41, 5.74) is 1.28. The summed E-state index contributed by atoms with van der Waals surface area (Å²) in [6.45, 7) is 4.23. The topological polar surface area (TPSA) is 47.3 Å². The molecule has 6 heteroatoms. The highest BCUT2D eigenvalue weighted by Crippen LogP contribution is 2.33. The molecular weight excluding hydrogens is 287 g/mol. The van der Waals surface area contributed by atoms with E-state index in [1.54, 1.807) is 12.1 Å². The summed E-state index contributed by atoms with van der Waals surface area (Å²) in [7, 11) is 0. The molecule has 0 aliphatic carbocycles. The van der Waals surface area contributed by atoms with Crippen LogP contribution in [0.5, 0.6) is 0 Å². The number of hydrogen-bond acceptors (Lipinski definition) is 4. The standard InChI is InChI=1S/C13H14Cl2N2O2/c1-2-16-11-6-18-5-8(11)13-17-10-4-7(14)3-9(15)12(10)19-13/h3-4,8,11,16H,2,5-6H2,1H3. The van der Waals surface area contributed by atoms with E-state index in [1.165, 1.54) is 0 Å². The highest BCUT2D eigenvalue weighted by atomic mass is 35.5. The molecule has 0 bridgehead atoms. The summed E-state index contributed by atoms with van der Waals surface area (Å²) in [4.78, 5) is 4.49. The lowest BCUT2D eigenvalue weighted by atomic mass is 10.0. The van der Waals surface area contributed by atoms with Gasteiger partial charge in [0.2, 0.25) is 5.89 Å². The van der Waals surface area contributed by atoms with Gasteiger partial charge in [-0.3, -0.25) is 0 Å². The van der Waals surface area contributed by atoms with E-state index in [9.17, 15) is 0 Å². The van der Waals surface area contributed by atoms with E-state index in [2.05, 4.69) is 17.2 Å². The van der Waals surface area contributed by atoms with Crippen LogP contribution in [0.4, 0.5) is 0 Å². The average molecular weight is 301 g/mol. The zero-order valence-electron chi connectivity index (χ0n) is 10.5. The summed E-state index contributed by atoms with van der Waals surface area (Å²) in [5.74, 6) is 0.768. The molecule has 2 aromatic rings. The zero-order valence-corrected chi connectivity index (χ0v) is 12.0. The number of oxazole rings is 1. The van der Waals surface area contributed by atoms with Crippen molar-refractivity contribution in [3.05, 3.63) is 28.1 Å². The molecule has 1 aliphatic rings. The Morgan fingerprint density at radius 1 is 1.37 bits per heavy atom. The molecule has 0 radical (unpaired) electrons. The summed E-state index contributed by atoms with van der Waals surface area (Å²) >= 11 is 12.1. The Hall–Kier alpha value is -0.810. The third-order valence-electron chi connectivity index (χ3n) is 3.29. The molecule has 0 saturated carbocycles. The molecule has 102 valence electrons. The number of nitrogens with zero attached hydrogens (tertiary/aromatic N) is 1. The lowest BCUT2D eigenvalue weighted by molar-refractivity contribution is 0.186. The van der Waals surface area contributed by atoms with Gasteiger partial charge < -0.3 is 14.5 Å². The third kappa shape index (κ3) is 2.46. The van der Waals surface area contributed by atoms with Crippen LogP contribution in [0.1, 0.15) is 18.7 Å². The van der Waals surface area contributed by atoms with Gasteiger partial charge in [-0.05, 0) is 18.7 Å². The molecule has 19 heavy (non-hydrogen) atoms. The Balaban J connectivity index is 1.99. The zero-order chi connectivity index (χ0) is 13.4. The van der Waals surface area contributed by atoms with Crippen LogP contribution >= 0.6 is 23.2 Å². The molecule has 1 aromatic carbocycles. The van der Waals surface area contributed by atoms with Gasteiger partial charge in [0.15, 0.2) is 5.58 Å². The predicted molar refractivity (Wildman–Crippen MR) is 75.1 cm³/mol. The first-order valence-corrected chi connectivity index (χ1v) is 7.01.